The summed E-state index contributed by atoms with van der Waals surface area (Å²) in [4.78, 5) is 28.7. The van der Waals surface area contributed by atoms with E-state index in [0.29, 0.717) is 16.3 Å². The van der Waals surface area contributed by atoms with E-state index in [9.17, 15) is 31.5 Å². The van der Waals surface area contributed by atoms with Crippen LogP contribution in [-0.4, -0.2) is 23.3 Å². The van der Waals surface area contributed by atoms with E-state index in [1.54, 1.807) is 6.92 Å². The molecule has 0 atom stereocenters. The Balaban J connectivity index is 1.64. The molecule has 2 aromatic carbocycles. The standard InChI is InChI=1S/C20H14F5N3O2S/c1-10-17(31-19(27-10)11-2-4-12(5-3-11)20(23,24)25)18(30)26-9-16(29)28-13-6-7-14(21)15(22)8-13/h2-8H,9H2,1H3,(H,26,30)(H,28,29). The summed E-state index contributed by atoms with van der Waals surface area (Å²) < 4.78 is 64.1. The molecule has 11 heteroatoms. The molecule has 0 radical (unpaired) electrons. The van der Waals surface area contributed by atoms with Crippen molar-refractivity contribution in [2.24, 2.45) is 0 Å². The maximum Gasteiger partial charge on any atom is 0.416 e. The third-order valence-corrected chi connectivity index (χ3v) is 5.28. The topological polar surface area (TPSA) is 71.1 Å². The largest absolute Gasteiger partial charge is 0.416 e. The first-order valence-corrected chi connectivity index (χ1v) is 9.54. The molecule has 5 nitrogen and oxygen atoms in total. The normalized spacial score (nSPS) is 11.3. The Morgan fingerprint density at radius 2 is 1.71 bits per heavy atom. The predicted molar refractivity (Wildman–Crippen MR) is 105 cm³/mol. The van der Waals surface area contributed by atoms with E-state index >= 15 is 0 Å². The summed E-state index contributed by atoms with van der Waals surface area (Å²) in [6.07, 6.45) is -4.46. The number of thiazole rings is 1. The van der Waals surface area contributed by atoms with Crippen LogP contribution in [-0.2, 0) is 11.0 Å². The maximum atomic E-state index is 13.2. The van der Waals surface area contributed by atoms with Gasteiger partial charge in [-0.3, -0.25) is 9.59 Å². The number of hydrogen-bond donors (Lipinski definition) is 2. The Bertz CT molecular complexity index is 1130. The Morgan fingerprint density at radius 3 is 2.32 bits per heavy atom. The zero-order chi connectivity index (χ0) is 22.8. The summed E-state index contributed by atoms with van der Waals surface area (Å²) >= 11 is 0.966. The molecule has 2 N–H and O–H groups in total. The lowest BCUT2D eigenvalue weighted by molar-refractivity contribution is -0.137. The second kappa shape index (κ2) is 8.80. The predicted octanol–water partition coefficient (Wildman–Crippen LogP) is 4.78. The molecule has 0 spiro atoms. The van der Waals surface area contributed by atoms with E-state index in [2.05, 4.69) is 15.6 Å². The first-order chi connectivity index (χ1) is 14.5. The second-order valence-corrected chi connectivity index (χ2v) is 7.37. The molecule has 0 saturated heterocycles. The summed E-state index contributed by atoms with van der Waals surface area (Å²) in [5, 5.41) is 5.05. The van der Waals surface area contributed by atoms with Gasteiger partial charge in [-0.15, -0.1) is 11.3 Å². The van der Waals surface area contributed by atoms with Crippen LogP contribution in [0, 0.1) is 18.6 Å². The first-order valence-electron chi connectivity index (χ1n) is 8.73. The lowest BCUT2D eigenvalue weighted by Crippen LogP contribution is -2.32. The van der Waals surface area contributed by atoms with Gasteiger partial charge in [0.25, 0.3) is 5.91 Å². The van der Waals surface area contributed by atoms with E-state index in [1.165, 1.54) is 18.2 Å². The number of nitrogens with zero attached hydrogens (tertiary/aromatic N) is 1. The van der Waals surface area contributed by atoms with Crippen molar-refractivity contribution in [2.75, 3.05) is 11.9 Å². The van der Waals surface area contributed by atoms with Gasteiger partial charge in [-0.25, -0.2) is 13.8 Å². The molecule has 31 heavy (non-hydrogen) atoms. The van der Waals surface area contributed by atoms with Crippen molar-refractivity contribution in [3.05, 3.63) is 70.2 Å². The minimum atomic E-state index is -4.46. The monoisotopic (exact) mass is 455 g/mol. The molecule has 0 bridgehead atoms. The lowest BCUT2D eigenvalue weighted by atomic mass is 10.1. The minimum Gasteiger partial charge on any atom is -0.342 e. The number of anilines is 1. The van der Waals surface area contributed by atoms with Crippen molar-refractivity contribution in [3.63, 3.8) is 0 Å². The number of nitrogens with one attached hydrogen (secondary N) is 2. The molecular formula is C20H14F5N3O2S. The number of rotatable bonds is 5. The van der Waals surface area contributed by atoms with Crippen molar-refractivity contribution < 1.29 is 31.5 Å². The van der Waals surface area contributed by atoms with E-state index in [4.69, 9.17) is 0 Å². The van der Waals surface area contributed by atoms with Crippen LogP contribution >= 0.6 is 11.3 Å². The fraction of sp³-hybridized carbons (Fsp3) is 0.150. The van der Waals surface area contributed by atoms with Crippen molar-refractivity contribution >= 4 is 28.8 Å². The third kappa shape index (κ3) is 5.43. The number of halogens is 5. The van der Waals surface area contributed by atoms with Gasteiger partial charge in [0.1, 0.15) is 9.88 Å². The number of alkyl halides is 3. The fourth-order valence-corrected chi connectivity index (χ4v) is 3.54. The average Bonchev–Trinajstić information content (AvgIpc) is 3.10. The molecule has 2 amide bonds. The van der Waals surface area contributed by atoms with Gasteiger partial charge >= 0.3 is 6.18 Å². The minimum absolute atomic E-state index is 0.0247. The molecule has 0 saturated carbocycles. The highest BCUT2D eigenvalue weighted by atomic mass is 32.1. The van der Waals surface area contributed by atoms with Crippen LogP contribution in [0.15, 0.2) is 42.5 Å². The zero-order valence-corrected chi connectivity index (χ0v) is 16.6. The van der Waals surface area contributed by atoms with E-state index in [0.717, 1.165) is 35.6 Å². The number of hydrogen-bond acceptors (Lipinski definition) is 4. The number of aryl methyl sites for hydroxylation is 1. The van der Waals surface area contributed by atoms with Crippen molar-refractivity contribution in [3.8, 4) is 10.6 Å². The van der Waals surface area contributed by atoms with Gasteiger partial charge in [-0.1, -0.05) is 12.1 Å². The number of amides is 2. The first kappa shape index (κ1) is 22.3. The number of aromatic nitrogens is 1. The van der Waals surface area contributed by atoms with Gasteiger partial charge < -0.3 is 10.6 Å². The van der Waals surface area contributed by atoms with Crippen LogP contribution in [0.25, 0.3) is 10.6 Å². The highest BCUT2D eigenvalue weighted by Crippen LogP contribution is 2.33. The van der Waals surface area contributed by atoms with Crippen LogP contribution in [0.5, 0.6) is 0 Å². The summed E-state index contributed by atoms with van der Waals surface area (Å²) in [6.45, 7) is 1.12. The SMILES string of the molecule is Cc1nc(-c2ccc(C(F)(F)F)cc2)sc1C(=O)NCC(=O)Nc1ccc(F)c(F)c1. The highest BCUT2D eigenvalue weighted by Gasteiger charge is 2.30. The van der Waals surface area contributed by atoms with Crippen LogP contribution in [0.2, 0.25) is 0 Å². The van der Waals surface area contributed by atoms with Crippen molar-refractivity contribution in [1.29, 1.82) is 0 Å². The van der Waals surface area contributed by atoms with Gasteiger partial charge in [-0.05, 0) is 31.2 Å². The van der Waals surface area contributed by atoms with Gasteiger partial charge in [0.05, 0.1) is 17.8 Å². The number of carbonyl (C=O) groups is 2. The number of carbonyl (C=O) groups excluding carboxylic acids is 2. The Kier molecular flexibility index (Phi) is 6.34. The fourth-order valence-electron chi connectivity index (χ4n) is 2.55. The van der Waals surface area contributed by atoms with Crippen LogP contribution in [0.4, 0.5) is 27.6 Å². The Hall–Kier alpha value is -3.34. The second-order valence-electron chi connectivity index (χ2n) is 6.37. The molecule has 3 aromatic rings. The van der Waals surface area contributed by atoms with Crippen molar-refractivity contribution in [1.82, 2.24) is 10.3 Å². The van der Waals surface area contributed by atoms with Crippen molar-refractivity contribution in [2.45, 2.75) is 13.1 Å². The van der Waals surface area contributed by atoms with Crippen LogP contribution in [0.1, 0.15) is 20.9 Å². The Labute approximate surface area is 176 Å². The molecule has 0 unspecified atom stereocenters. The van der Waals surface area contributed by atoms with E-state index in [-0.39, 0.29) is 10.6 Å². The molecule has 3 rings (SSSR count). The molecular weight excluding hydrogens is 441 g/mol. The summed E-state index contributed by atoms with van der Waals surface area (Å²) in [5.74, 6) is -3.45. The van der Waals surface area contributed by atoms with E-state index < -0.39 is 41.7 Å². The highest BCUT2D eigenvalue weighted by molar-refractivity contribution is 7.17. The summed E-state index contributed by atoms with van der Waals surface area (Å²) in [5.41, 5.74) is -0.0131. The molecule has 1 heterocycles. The molecule has 0 aliphatic rings. The van der Waals surface area contributed by atoms with E-state index in [1.807, 2.05) is 0 Å². The average molecular weight is 455 g/mol. The van der Waals surface area contributed by atoms with Crippen LogP contribution < -0.4 is 10.6 Å². The molecule has 0 aliphatic heterocycles. The summed E-state index contributed by atoms with van der Waals surface area (Å²) in [6, 6.07) is 7.20. The number of benzene rings is 2. The summed E-state index contributed by atoms with van der Waals surface area (Å²) in [7, 11) is 0. The third-order valence-electron chi connectivity index (χ3n) is 4.07. The molecule has 162 valence electrons. The zero-order valence-electron chi connectivity index (χ0n) is 15.8. The molecule has 0 fully saturated rings. The quantitative estimate of drug-likeness (QED) is 0.544. The smallest absolute Gasteiger partial charge is 0.342 e. The van der Waals surface area contributed by atoms with Gasteiger partial charge in [-0.2, -0.15) is 13.2 Å². The van der Waals surface area contributed by atoms with Gasteiger partial charge in [0, 0.05) is 17.3 Å². The van der Waals surface area contributed by atoms with Gasteiger partial charge in [0.15, 0.2) is 11.6 Å². The van der Waals surface area contributed by atoms with Crippen LogP contribution in [0.3, 0.4) is 0 Å². The lowest BCUT2D eigenvalue weighted by Gasteiger charge is -2.07. The van der Waals surface area contributed by atoms with Gasteiger partial charge in [0.2, 0.25) is 5.91 Å². The maximum absolute atomic E-state index is 13.2. The Morgan fingerprint density at radius 1 is 1.03 bits per heavy atom. The molecule has 1 aromatic heterocycles. The molecule has 0 aliphatic carbocycles.